The quantitative estimate of drug-likeness (QED) is 0.674. The molecular weight excluding hydrogens is 348 g/mol. The van der Waals surface area contributed by atoms with Crippen molar-refractivity contribution in [1.29, 1.82) is 0 Å². The first kappa shape index (κ1) is 18.0. The van der Waals surface area contributed by atoms with E-state index in [0.29, 0.717) is 22.0 Å². The Kier molecular flexibility index (Phi) is 5.27. The molecule has 0 aliphatic carbocycles. The van der Waals surface area contributed by atoms with Crippen molar-refractivity contribution in [1.82, 2.24) is 14.5 Å². The van der Waals surface area contributed by atoms with Crippen LogP contribution < -0.4 is 5.32 Å². The molecule has 0 radical (unpaired) electrons. The zero-order valence-electron chi connectivity index (χ0n) is 14.9. The minimum atomic E-state index is -0.165. The minimum absolute atomic E-state index is 0.154. The number of anilines is 1. The molecule has 0 spiro atoms. The Morgan fingerprint density at radius 2 is 1.96 bits per heavy atom. The number of nitrogens with zero attached hydrogens (tertiary/aromatic N) is 3. The minimum Gasteiger partial charge on any atom is -0.331 e. The third kappa shape index (κ3) is 3.72. The van der Waals surface area contributed by atoms with E-state index in [0.717, 1.165) is 23.5 Å². The third-order valence-corrected chi connectivity index (χ3v) is 4.94. The maximum Gasteiger partial charge on any atom is 0.267 e. The first-order chi connectivity index (χ1) is 12.5. The maximum atomic E-state index is 12.6. The van der Waals surface area contributed by atoms with Gasteiger partial charge in [-0.1, -0.05) is 13.3 Å². The van der Waals surface area contributed by atoms with E-state index in [9.17, 15) is 9.59 Å². The Labute approximate surface area is 155 Å². The van der Waals surface area contributed by atoms with E-state index in [2.05, 4.69) is 22.2 Å². The van der Waals surface area contributed by atoms with Crippen LogP contribution in [0.25, 0.3) is 0 Å². The van der Waals surface area contributed by atoms with Gasteiger partial charge in [0.25, 0.3) is 5.91 Å². The molecule has 26 heavy (non-hydrogen) atoms. The van der Waals surface area contributed by atoms with Gasteiger partial charge in [0.2, 0.25) is 5.78 Å². The van der Waals surface area contributed by atoms with Crippen molar-refractivity contribution < 1.29 is 9.59 Å². The van der Waals surface area contributed by atoms with Gasteiger partial charge in [0.05, 0.1) is 10.7 Å². The fraction of sp³-hybridized carbons (Fsp3) is 0.263. The Morgan fingerprint density at radius 1 is 1.23 bits per heavy atom. The Morgan fingerprint density at radius 3 is 2.58 bits per heavy atom. The molecule has 0 bridgehead atoms. The summed E-state index contributed by atoms with van der Waals surface area (Å²) in [4.78, 5) is 34.1. The van der Waals surface area contributed by atoms with Crippen LogP contribution >= 0.6 is 11.3 Å². The van der Waals surface area contributed by atoms with Gasteiger partial charge in [-0.25, -0.2) is 9.97 Å². The normalized spacial score (nSPS) is 10.7. The van der Waals surface area contributed by atoms with E-state index in [1.54, 1.807) is 48.3 Å². The SMILES string of the molecule is CCCc1nc(C)sc1C(=O)Nc1ccc(C(=O)c2nccn2C)cc1. The molecule has 0 unspecified atom stereocenters. The number of benzene rings is 1. The molecule has 7 heteroatoms. The first-order valence-corrected chi connectivity index (χ1v) is 9.21. The van der Waals surface area contributed by atoms with E-state index in [4.69, 9.17) is 0 Å². The summed E-state index contributed by atoms with van der Waals surface area (Å²) in [6.45, 7) is 3.96. The highest BCUT2D eigenvalue weighted by atomic mass is 32.1. The van der Waals surface area contributed by atoms with E-state index < -0.39 is 0 Å². The van der Waals surface area contributed by atoms with Crippen LogP contribution in [0.5, 0.6) is 0 Å². The highest BCUT2D eigenvalue weighted by molar-refractivity contribution is 7.13. The fourth-order valence-electron chi connectivity index (χ4n) is 2.66. The Balaban J connectivity index is 1.74. The fourth-order valence-corrected chi connectivity index (χ4v) is 3.52. The molecule has 1 aromatic carbocycles. The molecule has 0 fully saturated rings. The van der Waals surface area contributed by atoms with Crippen molar-refractivity contribution in [3.05, 3.63) is 63.6 Å². The molecule has 2 aromatic heterocycles. The van der Waals surface area contributed by atoms with Gasteiger partial charge in [-0.3, -0.25) is 9.59 Å². The highest BCUT2D eigenvalue weighted by Gasteiger charge is 2.17. The average molecular weight is 368 g/mol. The number of carbonyl (C=O) groups is 2. The van der Waals surface area contributed by atoms with Gasteiger partial charge < -0.3 is 9.88 Å². The van der Waals surface area contributed by atoms with E-state index >= 15 is 0 Å². The number of rotatable bonds is 6. The van der Waals surface area contributed by atoms with Crippen molar-refractivity contribution in [2.75, 3.05) is 5.32 Å². The zero-order chi connectivity index (χ0) is 18.7. The van der Waals surface area contributed by atoms with Crippen molar-refractivity contribution in [2.45, 2.75) is 26.7 Å². The summed E-state index contributed by atoms with van der Waals surface area (Å²) in [6.07, 6.45) is 5.04. The second-order valence-electron chi connectivity index (χ2n) is 5.98. The predicted octanol–water partition coefficient (Wildman–Crippen LogP) is 3.62. The maximum absolute atomic E-state index is 12.6. The number of aromatic nitrogens is 3. The van der Waals surface area contributed by atoms with Crippen LogP contribution in [0.4, 0.5) is 5.69 Å². The standard InChI is InChI=1S/C19H20N4O2S/c1-4-5-15-17(26-12(2)21-15)19(25)22-14-8-6-13(7-9-14)16(24)18-20-10-11-23(18)3/h6-11H,4-5H2,1-3H3,(H,22,25). The number of aryl methyl sites for hydroxylation is 3. The Hall–Kier alpha value is -2.80. The predicted molar refractivity (Wildman–Crippen MR) is 102 cm³/mol. The molecule has 0 atom stereocenters. The summed E-state index contributed by atoms with van der Waals surface area (Å²) in [5.41, 5.74) is 2.01. The average Bonchev–Trinajstić information content (AvgIpc) is 3.21. The molecule has 3 aromatic rings. The van der Waals surface area contributed by atoms with Crippen LogP contribution in [-0.2, 0) is 13.5 Å². The number of hydrogen-bond acceptors (Lipinski definition) is 5. The van der Waals surface area contributed by atoms with Crippen molar-refractivity contribution >= 4 is 28.7 Å². The number of carbonyl (C=O) groups excluding carboxylic acids is 2. The van der Waals surface area contributed by atoms with Gasteiger partial charge in [0, 0.05) is 30.7 Å². The van der Waals surface area contributed by atoms with E-state index in [-0.39, 0.29) is 11.7 Å². The molecule has 134 valence electrons. The number of ketones is 1. The topological polar surface area (TPSA) is 76.9 Å². The lowest BCUT2D eigenvalue weighted by atomic mass is 10.1. The lowest BCUT2D eigenvalue weighted by molar-refractivity contribution is 0.102. The monoisotopic (exact) mass is 368 g/mol. The summed E-state index contributed by atoms with van der Waals surface area (Å²) in [6, 6.07) is 6.83. The summed E-state index contributed by atoms with van der Waals surface area (Å²) >= 11 is 1.40. The number of thiazole rings is 1. The van der Waals surface area contributed by atoms with Gasteiger partial charge >= 0.3 is 0 Å². The Bertz CT molecular complexity index is 941. The molecule has 0 aliphatic rings. The summed E-state index contributed by atoms with van der Waals surface area (Å²) < 4.78 is 1.68. The smallest absolute Gasteiger partial charge is 0.267 e. The molecule has 2 heterocycles. The zero-order valence-corrected chi connectivity index (χ0v) is 15.8. The van der Waals surface area contributed by atoms with Crippen LogP contribution in [0.15, 0.2) is 36.7 Å². The van der Waals surface area contributed by atoms with Crippen molar-refractivity contribution in [3.63, 3.8) is 0 Å². The van der Waals surface area contributed by atoms with Gasteiger partial charge in [0.15, 0.2) is 5.82 Å². The van der Waals surface area contributed by atoms with E-state index in [1.807, 2.05) is 6.92 Å². The second-order valence-corrected chi connectivity index (χ2v) is 7.18. The van der Waals surface area contributed by atoms with Gasteiger partial charge in [0.1, 0.15) is 4.88 Å². The third-order valence-electron chi connectivity index (χ3n) is 3.93. The molecule has 0 aliphatic heterocycles. The van der Waals surface area contributed by atoms with E-state index in [1.165, 1.54) is 11.3 Å². The van der Waals surface area contributed by atoms with Crippen LogP contribution in [0.2, 0.25) is 0 Å². The van der Waals surface area contributed by atoms with Crippen LogP contribution in [-0.4, -0.2) is 26.2 Å². The van der Waals surface area contributed by atoms with Crippen LogP contribution in [0.1, 0.15) is 49.9 Å². The molecular formula is C19H20N4O2S. The molecule has 3 rings (SSSR count). The summed E-state index contributed by atoms with van der Waals surface area (Å²) in [5.74, 6) is 0.0621. The summed E-state index contributed by atoms with van der Waals surface area (Å²) in [7, 11) is 1.78. The molecule has 1 N–H and O–H groups in total. The van der Waals surface area contributed by atoms with Gasteiger partial charge in [-0.2, -0.15) is 0 Å². The number of nitrogens with one attached hydrogen (secondary N) is 1. The van der Waals surface area contributed by atoms with Crippen molar-refractivity contribution in [3.8, 4) is 0 Å². The molecule has 6 nitrogen and oxygen atoms in total. The number of amides is 1. The molecule has 1 amide bonds. The van der Waals surface area contributed by atoms with Crippen molar-refractivity contribution in [2.24, 2.45) is 7.05 Å². The number of hydrogen-bond donors (Lipinski definition) is 1. The lowest BCUT2D eigenvalue weighted by Crippen LogP contribution is -2.13. The molecule has 0 saturated carbocycles. The summed E-state index contributed by atoms with van der Waals surface area (Å²) in [5, 5.41) is 3.77. The van der Waals surface area contributed by atoms with Gasteiger partial charge in [-0.05, 0) is 37.6 Å². The van der Waals surface area contributed by atoms with Gasteiger partial charge in [-0.15, -0.1) is 11.3 Å². The van der Waals surface area contributed by atoms with Crippen LogP contribution in [0.3, 0.4) is 0 Å². The largest absolute Gasteiger partial charge is 0.331 e. The number of imidazole rings is 1. The lowest BCUT2D eigenvalue weighted by Gasteiger charge is -2.06. The van der Waals surface area contributed by atoms with Crippen LogP contribution in [0, 0.1) is 6.92 Å². The molecule has 0 saturated heterocycles. The first-order valence-electron chi connectivity index (χ1n) is 8.39. The second kappa shape index (κ2) is 7.61. The highest BCUT2D eigenvalue weighted by Crippen LogP contribution is 2.21.